The number of anilines is 1. The zero-order valence-corrected chi connectivity index (χ0v) is 19.0. The van der Waals surface area contributed by atoms with Crippen LogP contribution in [-0.4, -0.2) is 28.7 Å². The first-order valence-corrected chi connectivity index (χ1v) is 10.9. The number of benzene rings is 2. The molecular formula is C25H32N6O. The summed E-state index contributed by atoms with van der Waals surface area (Å²) < 4.78 is 1.92. The second-order valence-corrected chi connectivity index (χ2v) is 8.10. The Bertz CT molecular complexity index is 1030. The van der Waals surface area contributed by atoms with Gasteiger partial charge in [-0.15, -0.1) is 0 Å². The van der Waals surface area contributed by atoms with Gasteiger partial charge in [-0.3, -0.25) is 14.5 Å². The fraction of sp³-hybridized carbons (Fsp3) is 0.320. The summed E-state index contributed by atoms with van der Waals surface area (Å²) in [6.07, 6.45) is 4.27. The van der Waals surface area contributed by atoms with Crippen molar-refractivity contribution in [3.8, 4) is 0 Å². The van der Waals surface area contributed by atoms with Gasteiger partial charge in [-0.25, -0.2) is 0 Å². The van der Waals surface area contributed by atoms with Gasteiger partial charge in [0, 0.05) is 44.6 Å². The highest BCUT2D eigenvalue weighted by molar-refractivity contribution is 5.90. The largest absolute Gasteiger partial charge is 0.352 e. The van der Waals surface area contributed by atoms with Crippen molar-refractivity contribution in [2.45, 2.75) is 39.9 Å². The van der Waals surface area contributed by atoms with E-state index in [9.17, 15) is 4.79 Å². The Morgan fingerprint density at radius 2 is 1.81 bits per heavy atom. The molecule has 3 aromatic rings. The van der Waals surface area contributed by atoms with Crippen LogP contribution in [0.4, 0.5) is 5.69 Å². The predicted octanol–water partition coefficient (Wildman–Crippen LogP) is 3.78. The molecule has 0 radical (unpaired) electrons. The lowest BCUT2D eigenvalue weighted by molar-refractivity contribution is -0.116. The number of hydrogen-bond acceptors (Lipinski definition) is 3. The van der Waals surface area contributed by atoms with Crippen LogP contribution >= 0.6 is 0 Å². The average molecular weight is 433 g/mol. The van der Waals surface area contributed by atoms with Crippen molar-refractivity contribution in [3.05, 3.63) is 83.7 Å². The minimum atomic E-state index is 0.0383. The molecule has 168 valence electrons. The highest BCUT2D eigenvalue weighted by atomic mass is 16.1. The van der Waals surface area contributed by atoms with E-state index in [4.69, 9.17) is 0 Å². The van der Waals surface area contributed by atoms with E-state index in [1.54, 1.807) is 13.2 Å². The van der Waals surface area contributed by atoms with Gasteiger partial charge in [0.1, 0.15) is 0 Å². The molecule has 1 aromatic heterocycles. The van der Waals surface area contributed by atoms with E-state index in [1.807, 2.05) is 67.2 Å². The van der Waals surface area contributed by atoms with Gasteiger partial charge >= 0.3 is 0 Å². The third kappa shape index (κ3) is 7.27. The molecule has 2 aromatic carbocycles. The summed E-state index contributed by atoms with van der Waals surface area (Å²) in [6, 6.07) is 18.1. The van der Waals surface area contributed by atoms with Crippen LogP contribution in [-0.2, 0) is 24.4 Å². The fourth-order valence-corrected chi connectivity index (χ4v) is 3.38. The maximum atomic E-state index is 12.0. The van der Waals surface area contributed by atoms with Crippen LogP contribution in [0, 0.1) is 5.92 Å². The maximum absolute atomic E-state index is 12.0. The number of amides is 1. The standard InChI is InChI=1S/C25H32N6O/c1-19(2)14-24(32)30-23-11-6-8-20(15-23)16-27-25(26-3)28-17-21-9-4-5-10-22(21)18-31-13-7-12-29-31/h4-13,15,19H,14,16-18H2,1-3H3,(H,30,32)(H2,26,27,28). The lowest BCUT2D eigenvalue weighted by Gasteiger charge is -2.15. The first kappa shape index (κ1) is 23.1. The third-order valence-electron chi connectivity index (χ3n) is 4.94. The smallest absolute Gasteiger partial charge is 0.224 e. The molecule has 1 heterocycles. The molecular weight excluding hydrogens is 400 g/mol. The molecule has 3 rings (SSSR count). The fourth-order valence-electron chi connectivity index (χ4n) is 3.38. The van der Waals surface area contributed by atoms with Crippen LogP contribution in [0.15, 0.2) is 72.0 Å². The van der Waals surface area contributed by atoms with Crippen LogP contribution in [0.5, 0.6) is 0 Å². The number of nitrogens with zero attached hydrogens (tertiary/aromatic N) is 3. The molecule has 0 atom stereocenters. The minimum Gasteiger partial charge on any atom is -0.352 e. The van der Waals surface area contributed by atoms with E-state index >= 15 is 0 Å². The minimum absolute atomic E-state index is 0.0383. The van der Waals surface area contributed by atoms with Gasteiger partial charge in [0.15, 0.2) is 5.96 Å². The SMILES string of the molecule is CN=C(NCc1cccc(NC(=O)CC(C)C)c1)NCc1ccccc1Cn1cccn1. The number of guanidine groups is 1. The lowest BCUT2D eigenvalue weighted by Crippen LogP contribution is -2.36. The molecule has 0 unspecified atom stereocenters. The zero-order valence-electron chi connectivity index (χ0n) is 19.0. The van der Waals surface area contributed by atoms with Gasteiger partial charge in [-0.1, -0.05) is 50.2 Å². The topological polar surface area (TPSA) is 83.3 Å². The summed E-state index contributed by atoms with van der Waals surface area (Å²) in [5, 5.41) is 14.0. The molecule has 0 spiro atoms. The summed E-state index contributed by atoms with van der Waals surface area (Å²) in [6.45, 7) is 6.06. The molecule has 32 heavy (non-hydrogen) atoms. The second kappa shape index (κ2) is 11.7. The summed E-state index contributed by atoms with van der Waals surface area (Å²) >= 11 is 0. The van der Waals surface area contributed by atoms with E-state index in [0.717, 1.165) is 17.8 Å². The zero-order chi connectivity index (χ0) is 22.8. The molecule has 0 aliphatic carbocycles. The van der Waals surface area contributed by atoms with Crippen molar-refractivity contribution in [1.82, 2.24) is 20.4 Å². The van der Waals surface area contributed by atoms with Crippen LogP contribution in [0.25, 0.3) is 0 Å². The maximum Gasteiger partial charge on any atom is 0.224 e. The van der Waals surface area contributed by atoms with Gasteiger partial charge in [-0.2, -0.15) is 5.10 Å². The van der Waals surface area contributed by atoms with Gasteiger partial charge in [-0.05, 0) is 40.8 Å². The Labute approximate surface area is 190 Å². The molecule has 3 N–H and O–H groups in total. The summed E-state index contributed by atoms with van der Waals surface area (Å²) in [7, 11) is 1.76. The molecule has 0 fully saturated rings. The number of hydrogen-bond donors (Lipinski definition) is 3. The normalized spacial score (nSPS) is 11.4. The number of aliphatic imine (C=N–C) groups is 1. The van der Waals surface area contributed by atoms with Crippen molar-refractivity contribution in [1.29, 1.82) is 0 Å². The van der Waals surface area contributed by atoms with Crippen molar-refractivity contribution in [3.63, 3.8) is 0 Å². The van der Waals surface area contributed by atoms with E-state index in [1.165, 1.54) is 11.1 Å². The molecule has 7 nitrogen and oxygen atoms in total. The van der Waals surface area contributed by atoms with E-state index in [0.29, 0.717) is 31.4 Å². The van der Waals surface area contributed by atoms with Crippen LogP contribution < -0.4 is 16.0 Å². The van der Waals surface area contributed by atoms with Crippen molar-refractivity contribution in [2.75, 3.05) is 12.4 Å². The first-order valence-electron chi connectivity index (χ1n) is 10.9. The van der Waals surface area contributed by atoms with Gasteiger partial charge in [0.05, 0.1) is 6.54 Å². The van der Waals surface area contributed by atoms with Crippen molar-refractivity contribution >= 4 is 17.6 Å². The van der Waals surface area contributed by atoms with Gasteiger partial charge in [0.25, 0.3) is 0 Å². The van der Waals surface area contributed by atoms with Crippen molar-refractivity contribution in [2.24, 2.45) is 10.9 Å². The average Bonchev–Trinajstić information content (AvgIpc) is 3.27. The quantitative estimate of drug-likeness (QED) is 0.355. The number of carbonyl (C=O) groups excluding carboxylic acids is 1. The van der Waals surface area contributed by atoms with Crippen LogP contribution in [0.2, 0.25) is 0 Å². The van der Waals surface area contributed by atoms with Gasteiger partial charge < -0.3 is 16.0 Å². The lowest BCUT2D eigenvalue weighted by atomic mass is 10.1. The molecule has 1 amide bonds. The molecule has 7 heteroatoms. The highest BCUT2D eigenvalue weighted by Crippen LogP contribution is 2.13. The van der Waals surface area contributed by atoms with Crippen molar-refractivity contribution < 1.29 is 4.79 Å². The number of nitrogens with one attached hydrogen (secondary N) is 3. The second-order valence-electron chi connectivity index (χ2n) is 8.10. The highest BCUT2D eigenvalue weighted by Gasteiger charge is 2.07. The Morgan fingerprint density at radius 1 is 1.03 bits per heavy atom. The number of carbonyl (C=O) groups is 1. The molecule has 0 aliphatic heterocycles. The molecule has 0 aliphatic rings. The Hall–Kier alpha value is -3.61. The monoisotopic (exact) mass is 432 g/mol. The molecule has 0 bridgehead atoms. The van der Waals surface area contributed by atoms with Crippen LogP contribution in [0.3, 0.4) is 0 Å². The number of aromatic nitrogens is 2. The van der Waals surface area contributed by atoms with E-state index in [2.05, 4.69) is 38.2 Å². The summed E-state index contributed by atoms with van der Waals surface area (Å²) in [5.74, 6) is 1.09. The molecule has 0 saturated carbocycles. The first-order chi connectivity index (χ1) is 15.5. The Balaban J connectivity index is 1.54. The summed E-state index contributed by atoms with van der Waals surface area (Å²) in [4.78, 5) is 16.4. The van der Waals surface area contributed by atoms with Gasteiger partial charge in [0.2, 0.25) is 5.91 Å². The Morgan fingerprint density at radius 3 is 2.53 bits per heavy atom. The van der Waals surface area contributed by atoms with E-state index < -0.39 is 0 Å². The third-order valence-corrected chi connectivity index (χ3v) is 4.94. The molecule has 0 saturated heterocycles. The Kier molecular flexibility index (Phi) is 8.43. The van der Waals surface area contributed by atoms with E-state index in [-0.39, 0.29) is 5.91 Å². The predicted molar refractivity (Wildman–Crippen MR) is 129 cm³/mol. The summed E-state index contributed by atoms with van der Waals surface area (Å²) in [5.41, 5.74) is 4.28. The number of rotatable bonds is 9. The van der Waals surface area contributed by atoms with Crippen LogP contribution in [0.1, 0.15) is 37.0 Å².